The molecule has 0 bridgehead atoms. The van der Waals surface area contributed by atoms with E-state index < -0.39 is 0 Å². The van der Waals surface area contributed by atoms with Crippen molar-refractivity contribution >= 4 is 23.1 Å². The molecule has 29 heavy (non-hydrogen) atoms. The number of nitrogens with zero attached hydrogens (tertiary/aromatic N) is 4. The highest BCUT2D eigenvalue weighted by atomic mass is 16.5. The second-order valence-corrected chi connectivity index (χ2v) is 7.06. The molecule has 4 rings (SSSR count). The van der Waals surface area contributed by atoms with Gasteiger partial charge in [0.2, 0.25) is 5.95 Å². The van der Waals surface area contributed by atoms with Crippen molar-refractivity contribution in [1.82, 2.24) is 9.97 Å². The molecule has 1 aliphatic heterocycles. The number of nitrogens with one attached hydrogen (secondary N) is 1. The Hall–Kier alpha value is -3.28. The first kappa shape index (κ1) is 19.1. The van der Waals surface area contributed by atoms with Gasteiger partial charge >= 0.3 is 0 Å². The molecule has 1 fully saturated rings. The second-order valence-electron chi connectivity index (χ2n) is 7.06. The van der Waals surface area contributed by atoms with Crippen molar-refractivity contribution < 1.29 is 4.74 Å². The lowest BCUT2D eigenvalue weighted by atomic mass is 10.1. The molecule has 1 N–H and O–H groups in total. The third-order valence-corrected chi connectivity index (χ3v) is 5.27. The fourth-order valence-electron chi connectivity index (χ4n) is 3.58. The topological polar surface area (TPSA) is 53.5 Å². The fraction of sp³-hybridized carbons (Fsp3) is 0.304. The molecule has 2 aromatic carbocycles. The van der Waals surface area contributed by atoms with Crippen molar-refractivity contribution in [3.05, 3.63) is 66.4 Å². The predicted octanol–water partition coefficient (Wildman–Crippen LogP) is 4.12. The highest BCUT2D eigenvalue weighted by Crippen LogP contribution is 2.29. The number of hydrogen-bond acceptors (Lipinski definition) is 6. The molecule has 1 aliphatic rings. The third kappa shape index (κ3) is 4.42. The number of benzene rings is 2. The van der Waals surface area contributed by atoms with Gasteiger partial charge in [-0.05, 0) is 42.3 Å². The van der Waals surface area contributed by atoms with Crippen LogP contribution < -0.4 is 19.9 Å². The molecule has 1 aromatic heterocycles. The van der Waals surface area contributed by atoms with E-state index in [1.165, 1.54) is 5.56 Å². The van der Waals surface area contributed by atoms with Gasteiger partial charge in [0.05, 0.1) is 12.8 Å². The maximum Gasteiger partial charge on any atom is 0.227 e. The minimum Gasteiger partial charge on any atom is -0.495 e. The zero-order valence-electron chi connectivity index (χ0n) is 17.0. The Labute approximate surface area is 172 Å². The van der Waals surface area contributed by atoms with Crippen molar-refractivity contribution in [3.63, 3.8) is 0 Å². The molecule has 150 valence electrons. The van der Waals surface area contributed by atoms with Crippen LogP contribution >= 0.6 is 0 Å². The van der Waals surface area contributed by atoms with E-state index >= 15 is 0 Å². The van der Waals surface area contributed by atoms with Gasteiger partial charge in [0, 0.05) is 38.1 Å². The zero-order chi connectivity index (χ0) is 20.1. The Morgan fingerprint density at radius 2 is 1.66 bits per heavy atom. The van der Waals surface area contributed by atoms with Gasteiger partial charge in [-0.25, -0.2) is 4.98 Å². The van der Waals surface area contributed by atoms with Gasteiger partial charge in [0.1, 0.15) is 11.6 Å². The molecule has 0 saturated carbocycles. The second kappa shape index (κ2) is 8.82. The average Bonchev–Trinajstić information content (AvgIpc) is 2.80. The number of piperazine rings is 1. The van der Waals surface area contributed by atoms with Gasteiger partial charge < -0.3 is 19.9 Å². The van der Waals surface area contributed by atoms with Crippen LogP contribution in [0, 0.1) is 0 Å². The van der Waals surface area contributed by atoms with E-state index in [-0.39, 0.29) is 0 Å². The first-order valence-corrected chi connectivity index (χ1v) is 10.1. The van der Waals surface area contributed by atoms with Crippen molar-refractivity contribution in [2.24, 2.45) is 0 Å². The van der Waals surface area contributed by atoms with Gasteiger partial charge in [-0.1, -0.05) is 31.2 Å². The van der Waals surface area contributed by atoms with Gasteiger partial charge in [-0.2, -0.15) is 4.98 Å². The highest BCUT2D eigenvalue weighted by Gasteiger charge is 2.21. The minimum atomic E-state index is 0.764. The summed E-state index contributed by atoms with van der Waals surface area (Å²) >= 11 is 0. The van der Waals surface area contributed by atoms with Gasteiger partial charge in [0.15, 0.2) is 0 Å². The molecule has 3 aromatic rings. The van der Waals surface area contributed by atoms with Crippen molar-refractivity contribution in [2.75, 3.05) is 48.4 Å². The van der Waals surface area contributed by atoms with Crippen LogP contribution in [0.15, 0.2) is 60.8 Å². The Bertz CT molecular complexity index is 936. The summed E-state index contributed by atoms with van der Waals surface area (Å²) in [5.74, 6) is 2.49. The molecular formula is C23H27N5O. The number of para-hydroxylation sites is 2. The van der Waals surface area contributed by atoms with E-state index in [0.717, 1.165) is 61.5 Å². The molecule has 2 heterocycles. The van der Waals surface area contributed by atoms with Gasteiger partial charge in [-0.15, -0.1) is 0 Å². The van der Waals surface area contributed by atoms with E-state index in [0.29, 0.717) is 0 Å². The lowest BCUT2D eigenvalue weighted by Crippen LogP contribution is -2.47. The maximum absolute atomic E-state index is 5.51. The first-order chi connectivity index (χ1) is 14.3. The highest BCUT2D eigenvalue weighted by molar-refractivity contribution is 5.60. The van der Waals surface area contributed by atoms with Gasteiger partial charge in [0.25, 0.3) is 0 Å². The summed E-state index contributed by atoms with van der Waals surface area (Å²) in [4.78, 5) is 13.8. The number of rotatable bonds is 6. The molecule has 6 nitrogen and oxygen atoms in total. The summed E-state index contributed by atoms with van der Waals surface area (Å²) in [7, 11) is 1.72. The molecule has 0 spiro atoms. The number of anilines is 4. The molecule has 0 amide bonds. The fourth-order valence-corrected chi connectivity index (χ4v) is 3.58. The molecule has 0 unspecified atom stereocenters. The van der Waals surface area contributed by atoms with E-state index in [1.807, 2.05) is 24.4 Å². The predicted molar refractivity (Wildman–Crippen MR) is 119 cm³/mol. The van der Waals surface area contributed by atoms with Crippen LogP contribution in [0.25, 0.3) is 0 Å². The van der Waals surface area contributed by atoms with Gasteiger partial charge in [-0.3, -0.25) is 0 Å². The van der Waals surface area contributed by atoms with E-state index in [9.17, 15) is 0 Å². The SMILES string of the molecule is CCc1ccc(Nc2ccnc(N3CCN(c4ccccc4OC)CC3)n2)cc1. The normalized spacial score (nSPS) is 14.0. The number of aryl methyl sites for hydroxylation is 1. The van der Waals surface area contributed by atoms with Crippen LogP contribution in [0.4, 0.5) is 23.1 Å². The Balaban J connectivity index is 1.41. The van der Waals surface area contributed by atoms with Crippen LogP contribution in [0.5, 0.6) is 5.75 Å². The lowest BCUT2D eigenvalue weighted by molar-refractivity contribution is 0.413. The smallest absolute Gasteiger partial charge is 0.227 e. The molecule has 0 aliphatic carbocycles. The lowest BCUT2D eigenvalue weighted by Gasteiger charge is -2.36. The summed E-state index contributed by atoms with van der Waals surface area (Å²) in [6.07, 6.45) is 2.86. The standard InChI is InChI=1S/C23H27N5O/c1-3-18-8-10-19(11-9-18)25-22-12-13-24-23(26-22)28-16-14-27(15-17-28)20-6-4-5-7-21(20)29-2/h4-13H,3,14-17H2,1-2H3,(H,24,25,26). The number of aromatic nitrogens is 2. The number of ether oxygens (including phenoxy) is 1. The van der Waals surface area contributed by atoms with Crippen molar-refractivity contribution in [2.45, 2.75) is 13.3 Å². The molecule has 0 radical (unpaired) electrons. The summed E-state index contributed by atoms with van der Waals surface area (Å²) in [6, 6.07) is 18.5. The van der Waals surface area contributed by atoms with Crippen molar-refractivity contribution in [3.8, 4) is 5.75 Å². The molecule has 1 saturated heterocycles. The van der Waals surface area contributed by atoms with Crippen LogP contribution in [-0.4, -0.2) is 43.3 Å². The van der Waals surface area contributed by atoms with E-state index in [1.54, 1.807) is 7.11 Å². The van der Waals surface area contributed by atoms with Crippen LogP contribution in [0.1, 0.15) is 12.5 Å². The van der Waals surface area contributed by atoms with E-state index in [4.69, 9.17) is 9.72 Å². The monoisotopic (exact) mass is 389 g/mol. The zero-order valence-corrected chi connectivity index (χ0v) is 17.0. The van der Waals surface area contributed by atoms with Crippen molar-refractivity contribution in [1.29, 1.82) is 0 Å². The third-order valence-electron chi connectivity index (χ3n) is 5.27. The number of methoxy groups -OCH3 is 1. The largest absolute Gasteiger partial charge is 0.495 e. The van der Waals surface area contributed by atoms with E-state index in [2.05, 4.69) is 63.4 Å². The summed E-state index contributed by atoms with van der Waals surface area (Å²) in [5, 5.41) is 3.38. The van der Waals surface area contributed by atoms with Crippen LogP contribution in [0.3, 0.4) is 0 Å². The molecule has 6 heteroatoms. The van der Waals surface area contributed by atoms with Crippen LogP contribution in [0.2, 0.25) is 0 Å². The Morgan fingerprint density at radius 3 is 2.38 bits per heavy atom. The molecular weight excluding hydrogens is 362 g/mol. The first-order valence-electron chi connectivity index (χ1n) is 10.1. The summed E-state index contributed by atoms with van der Waals surface area (Å²) < 4.78 is 5.51. The number of hydrogen-bond donors (Lipinski definition) is 1. The average molecular weight is 390 g/mol. The molecule has 0 atom stereocenters. The summed E-state index contributed by atoms with van der Waals surface area (Å²) in [5.41, 5.74) is 3.50. The van der Waals surface area contributed by atoms with Crippen LogP contribution in [-0.2, 0) is 6.42 Å². The summed E-state index contributed by atoms with van der Waals surface area (Å²) in [6.45, 7) is 5.70. The maximum atomic E-state index is 5.51. The quantitative estimate of drug-likeness (QED) is 0.685. The Kier molecular flexibility index (Phi) is 5.79. The minimum absolute atomic E-state index is 0.764. The Morgan fingerprint density at radius 1 is 0.931 bits per heavy atom.